The summed E-state index contributed by atoms with van der Waals surface area (Å²) in [7, 11) is 4.86. The Morgan fingerprint density at radius 1 is 1.00 bits per heavy atom. The fourth-order valence-corrected chi connectivity index (χ4v) is 3.42. The minimum Gasteiger partial charge on any atom is -0.493 e. The van der Waals surface area contributed by atoms with Gasteiger partial charge >= 0.3 is 0 Å². The number of rotatable bonds is 4. The van der Waals surface area contributed by atoms with Crippen LogP contribution in [-0.4, -0.2) is 29.7 Å². The van der Waals surface area contributed by atoms with Gasteiger partial charge in [0.1, 0.15) is 5.69 Å². The molecule has 1 amide bonds. The molecular formula is C21H19N3O4. The zero-order valence-electron chi connectivity index (χ0n) is 15.7. The summed E-state index contributed by atoms with van der Waals surface area (Å²) in [6.07, 6.45) is 0. The minimum absolute atomic E-state index is 0.227. The maximum atomic E-state index is 12.9. The number of hydrogen-bond acceptors (Lipinski definition) is 4. The van der Waals surface area contributed by atoms with Crippen LogP contribution in [0.25, 0.3) is 21.8 Å². The fourth-order valence-electron chi connectivity index (χ4n) is 3.42. The van der Waals surface area contributed by atoms with Gasteiger partial charge in [-0.15, -0.1) is 0 Å². The number of ether oxygens (including phenoxy) is 2. The number of amides is 1. The van der Waals surface area contributed by atoms with Crippen molar-refractivity contribution < 1.29 is 14.3 Å². The van der Waals surface area contributed by atoms with Crippen LogP contribution in [0, 0.1) is 0 Å². The molecule has 0 aliphatic rings. The second kappa shape index (κ2) is 6.77. The zero-order chi connectivity index (χ0) is 19.8. The summed E-state index contributed by atoms with van der Waals surface area (Å²) in [5, 5.41) is 4.20. The highest BCUT2D eigenvalue weighted by atomic mass is 16.5. The minimum atomic E-state index is -0.325. The van der Waals surface area contributed by atoms with E-state index in [1.165, 1.54) is 7.11 Å². The Kier molecular flexibility index (Phi) is 4.27. The molecule has 0 radical (unpaired) electrons. The molecule has 0 bridgehead atoms. The largest absolute Gasteiger partial charge is 0.493 e. The lowest BCUT2D eigenvalue weighted by Crippen LogP contribution is -2.15. The Morgan fingerprint density at radius 2 is 1.75 bits per heavy atom. The molecule has 0 aliphatic carbocycles. The van der Waals surface area contributed by atoms with Gasteiger partial charge in [0.05, 0.1) is 30.6 Å². The van der Waals surface area contributed by atoms with Gasteiger partial charge in [0.25, 0.3) is 11.5 Å². The normalized spacial score (nSPS) is 11.0. The number of nitrogens with zero attached hydrogens (tertiary/aromatic N) is 1. The molecule has 4 aromatic rings. The number of anilines is 1. The number of benzene rings is 2. The van der Waals surface area contributed by atoms with E-state index in [1.54, 1.807) is 43.0 Å². The van der Waals surface area contributed by atoms with Crippen molar-refractivity contribution in [3.05, 3.63) is 64.6 Å². The molecule has 7 heteroatoms. The van der Waals surface area contributed by atoms with Crippen molar-refractivity contribution in [2.24, 2.45) is 7.05 Å². The molecule has 2 aromatic heterocycles. The molecule has 0 saturated carbocycles. The number of aromatic nitrogens is 2. The van der Waals surface area contributed by atoms with Crippen LogP contribution in [0.4, 0.5) is 5.69 Å². The van der Waals surface area contributed by atoms with Gasteiger partial charge in [0.15, 0.2) is 11.5 Å². The lowest BCUT2D eigenvalue weighted by Gasteiger charge is -2.11. The number of pyridine rings is 1. The van der Waals surface area contributed by atoms with Gasteiger partial charge in [-0.05, 0) is 24.3 Å². The summed E-state index contributed by atoms with van der Waals surface area (Å²) in [6.45, 7) is 0. The lowest BCUT2D eigenvalue weighted by atomic mass is 10.1. The molecule has 0 saturated heterocycles. The average Bonchev–Trinajstić information content (AvgIpc) is 3.06. The first-order valence-corrected chi connectivity index (χ1v) is 8.67. The van der Waals surface area contributed by atoms with E-state index in [0.717, 1.165) is 16.4 Å². The number of H-pyrrole nitrogens is 1. The molecule has 0 unspecified atom stereocenters. The predicted molar refractivity (Wildman–Crippen MR) is 109 cm³/mol. The van der Waals surface area contributed by atoms with E-state index >= 15 is 0 Å². The average molecular weight is 377 g/mol. The van der Waals surface area contributed by atoms with Crippen LogP contribution in [0.15, 0.2) is 53.3 Å². The number of hydrogen-bond donors (Lipinski definition) is 2. The third kappa shape index (κ3) is 2.77. The van der Waals surface area contributed by atoms with E-state index in [4.69, 9.17) is 9.47 Å². The topological polar surface area (TPSA) is 85.4 Å². The Bertz CT molecular complexity index is 1270. The van der Waals surface area contributed by atoms with E-state index in [-0.39, 0.29) is 11.5 Å². The highest BCUT2D eigenvalue weighted by Crippen LogP contribution is 2.30. The van der Waals surface area contributed by atoms with Gasteiger partial charge in [0, 0.05) is 24.2 Å². The van der Waals surface area contributed by atoms with E-state index in [0.29, 0.717) is 28.3 Å². The smallest absolute Gasteiger partial charge is 0.272 e. The third-order valence-electron chi connectivity index (χ3n) is 4.78. The van der Waals surface area contributed by atoms with Gasteiger partial charge in [-0.2, -0.15) is 0 Å². The fraction of sp³-hybridized carbons (Fsp3) is 0.143. The molecule has 28 heavy (non-hydrogen) atoms. The predicted octanol–water partition coefficient (Wildman–Crippen LogP) is 3.29. The molecule has 2 N–H and O–H groups in total. The standard InChI is InChI=1S/C21H19N3O4/c1-24-16(21(26)22-12-8-9-17(27-2)18(10-12)28-3)11-14-19(24)13-6-4-5-7-15(13)23-20(14)25/h4-11H,1-3H3,(H,22,26)(H,23,25). The number of aryl methyl sites for hydroxylation is 1. The number of para-hydroxylation sites is 1. The summed E-state index contributed by atoms with van der Waals surface area (Å²) < 4.78 is 12.2. The molecule has 4 rings (SSSR count). The van der Waals surface area contributed by atoms with E-state index in [2.05, 4.69) is 10.3 Å². The van der Waals surface area contributed by atoms with Crippen molar-refractivity contribution in [2.75, 3.05) is 19.5 Å². The summed E-state index contributed by atoms with van der Waals surface area (Å²) in [6, 6.07) is 14.3. The highest BCUT2D eigenvalue weighted by Gasteiger charge is 2.18. The Hall–Kier alpha value is -3.74. The highest BCUT2D eigenvalue weighted by molar-refractivity contribution is 6.11. The van der Waals surface area contributed by atoms with Gasteiger partial charge in [-0.1, -0.05) is 18.2 Å². The Morgan fingerprint density at radius 3 is 2.50 bits per heavy atom. The van der Waals surface area contributed by atoms with Crippen molar-refractivity contribution in [3.8, 4) is 11.5 Å². The van der Waals surface area contributed by atoms with Crippen molar-refractivity contribution in [1.82, 2.24) is 9.55 Å². The van der Waals surface area contributed by atoms with E-state index in [1.807, 2.05) is 24.3 Å². The number of aromatic amines is 1. The molecule has 0 aliphatic heterocycles. The molecule has 0 atom stereocenters. The van der Waals surface area contributed by atoms with Gasteiger partial charge in [-0.3, -0.25) is 9.59 Å². The number of nitrogens with one attached hydrogen (secondary N) is 2. The Labute approximate surface area is 160 Å². The van der Waals surface area contributed by atoms with Crippen molar-refractivity contribution in [2.45, 2.75) is 0 Å². The van der Waals surface area contributed by atoms with E-state index < -0.39 is 0 Å². The number of methoxy groups -OCH3 is 2. The van der Waals surface area contributed by atoms with Crippen LogP contribution < -0.4 is 20.3 Å². The molecule has 2 aromatic carbocycles. The number of fused-ring (bicyclic) bond motifs is 3. The maximum Gasteiger partial charge on any atom is 0.272 e. The molecule has 142 valence electrons. The van der Waals surface area contributed by atoms with Crippen LogP contribution in [-0.2, 0) is 7.05 Å². The van der Waals surface area contributed by atoms with E-state index in [9.17, 15) is 9.59 Å². The first-order valence-electron chi connectivity index (χ1n) is 8.67. The Balaban J connectivity index is 1.78. The summed E-state index contributed by atoms with van der Waals surface area (Å²) >= 11 is 0. The number of carbonyl (C=O) groups is 1. The summed E-state index contributed by atoms with van der Waals surface area (Å²) in [5.74, 6) is 0.761. The van der Waals surface area contributed by atoms with Crippen molar-refractivity contribution in [3.63, 3.8) is 0 Å². The lowest BCUT2D eigenvalue weighted by molar-refractivity contribution is 0.102. The SMILES string of the molecule is COc1ccc(NC(=O)c2cc3c(=O)[nH]c4ccccc4c3n2C)cc1OC. The third-order valence-corrected chi connectivity index (χ3v) is 4.78. The van der Waals surface area contributed by atoms with Gasteiger partial charge in [0.2, 0.25) is 0 Å². The van der Waals surface area contributed by atoms with Crippen LogP contribution in [0.2, 0.25) is 0 Å². The second-order valence-corrected chi connectivity index (χ2v) is 6.37. The van der Waals surface area contributed by atoms with Crippen molar-refractivity contribution in [1.29, 1.82) is 0 Å². The molecule has 2 heterocycles. The van der Waals surface area contributed by atoms with Crippen LogP contribution in [0.1, 0.15) is 10.5 Å². The van der Waals surface area contributed by atoms with Gasteiger partial charge in [-0.25, -0.2) is 0 Å². The zero-order valence-corrected chi connectivity index (χ0v) is 15.7. The van der Waals surface area contributed by atoms with Crippen LogP contribution in [0.3, 0.4) is 0 Å². The monoisotopic (exact) mass is 377 g/mol. The number of carbonyl (C=O) groups excluding carboxylic acids is 1. The molecule has 0 fully saturated rings. The first kappa shape index (κ1) is 17.7. The molecular weight excluding hydrogens is 358 g/mol. The van der Waals surface area contributed by atoms with Crippen LogP contribution >= 0.6 is 0 Å². The molecule has 7 nitrogen and oxygen atoms in total. The van der Waals surface area contributed by atoms with Crippen LogP contribution in [0.5, 0.6) is 11.5 Å². The summed E-state index contributed by atoms with van der Waals surface area (Å²) in [4.78, 5) is 28.2. The first-order chi connectivity index (χ1) is 13.5. The maximum absolute atomic E-state index is 12.9. The van der Waals surface area contributed by atoms with Gasteiger partial charge < -0.3 is 24.3 Å². The molecule has 0 spiro atoms. The van der Waals surface area contributed by atoms with Crippen molar-refractivity contribution >= 4 is 33.4 Å². The second-order valence-electron chi connectivity index (χ2n) is 6.37. The summed E-state index contributed by atoms with van der Waals surface area (Å²) in [5.41, 5.74) is 2.16. The quantitative estimate of drug-likeness (QED) is 0.571.